The van der Waals surface area contributed by atoms with Crippen molar-refractivity contribution in [1.29, 1.82) is 0 Å². The summed E-state index contributed by atoms with van der Waals surface area (Å²) in [7, 11) is 2.86. The van der Waals surface area contributed by atoms with Gasteiger partial charge in [0.2, 0.25) is 11.8 Å². The second-order valence-electron chi connectivity index (χ2n) is 7.42. The molecule has 0 aliphatic carbocycles. The maximum absolute atomic E-state index is 13.3. The number of nitrogens with zero attached hydrogens (tertiary/aromatic N) is 1. The molecule has 0 radical (unpaired) electrons. The van der Waals surface area contributed by atoms with Crippen LogP contribution in [-0.2, 0) is 32.1 Å². The monoisotopic (exact) mass is 410 g/mol. The SMILES string of the molecule is COC(=O)[C@H](C)NC(=O)[C@@]1(Cc2ccccc2)CC(=O)N1Cc1ccc(OC)cc1. The van der Waals surface area contributed by atoms with Gasteiger partial charge in [0.05, 0.1) is 20.6 Å². The van der Waals surface area contributed by atoms with Crippen LogP contribution in [0.2, 0.25) is 0 Å². The smallest absolute Gasteiger partial charge is 0.328 e. The van der Waals surface area contributed by atoms with E-state index in [1.807, 2.05) is 54.6 Å². The lowest BCUT2D eigenvalue weighted by Gasteiger charge is -2.51. The van der Waals surface area contributed by atoms with Gasteiger partial charge in [-0.2, -0.15) is 0 Å². The van der Waals surface area contributed by atoms with Gasteiger partial charge < -0.3 is 19.7 Å². The molecule has 7 nitrogen and oxygen atoms in total. The number of ether oxygens (including phenoxy) is 2. The van der Waals surface area contributed by atoms with Crippen molar-refractivity contribution in [2.24, 2.45) is 0 Å². The lowest BCUT2D eigenvalue weighted by molar-refractivity contribution is -0.168. The van der Waals surface area contributed by atoms with Gasteiger partial charge in [0.25, 0.3) is 0 Å². The van der Waals surface area contributed by atoms with Crippen molar-refractivity contribution in [3.05, 3.63) is 65.7 Å². The third kappa shape index (κ3) is 4.30. The standard InChI is InChI=1S/C23H26N2O5/c1-16(21(27)30-3)24-22(28)23(13-17-7-5-4-6-8-17)14-20(26)25(23)15-18-9-11-19(29-2)12-10-18/h4-12,16H,13-15H2,1-3H3,(H,24,28)/t16-,23+/m0/s1. The van der Waals surface area contributed by atoms with Gasteiger partial charge in [0.15, 0.2) is 0 Å². The number of hydrogen-bond donors (Lipinski definition) is 1. The second-order valence-corrected chi connectivity index (χ2v) is 7.42. The van der Waals surface area contributed by atoms with E-state index >= 15 is 0 Å². The molecular formula is C23H26N2O5. The minimum Gasteiger partial charge on any atom is -0.497 e. The van der Waals surface area contributed by atoms with E-state index in [9.17, 15) is 14.4 Å². The van der Waals surface area contributed by atoms with E-state index < -0.39 is 17.6 Å². The Labute approximate surface area is 176 Å². The summed E-state index contributed by atoms with van der Waals surface area (Å²) in [6.45, 7) is 1.85. The van der Waals surface area contributed by atoms with Crippen LogP contribution < -0.4 is 10.1 Å². The Kier molecular flexibility index (Phi) is 6.40. The maximum atomic E-state index is 13.3. The molecule has 3 rings (SSSR count). The van der Waals surface area contributed by atoms with Gasteiger partial charge >= 0.3 is 5.97 Å². The van der Waals surface area contributed by atoms with Gasteiger partial charge in [0.1, 0.15) is 17.3 Å². The van der Waals surface area contributed by atoms with E-state index in [0.717, 1.165) is 11.1 Å². The summed E-state index contributed by atoms with van der Waals surface area (Å²) in [6.07, 6.45) is 0.438. The van der Waals surface area contributed by atoms with Crippen LogP contribution in [0.15, 0.2) is 54.6 Å². The Balaban J connectivity index is 1.88. The zero-order chi connectivity index (χ0) is 21.7. The number of carbonyl (C=O) groups is 3. The third-order valence-electron chi connectivity index (χ3n) is 5.43. The summed E-state index contributed by atoms with van der Waals surface area (Å²) in [5.41, 5.74) is 0.751. The highest BCUT2D eigenvalue weighted by atomic mass is 16.5. The number of β-lactam (4-membered cyclic amide) rings is 1. The lowest BCUT2D eigenvalue weighted by Crippen LogP contribution is -2.71. The van der Waals surface area contributed by atoms with Crippen molar-refractivity contribution in [2.45, 2.75) is 37.9 Å². The highest BCUT2D eigenvalue weighted by Gasteiger charge is 2.56. The summed E-state index contributed by atoms with van der Waals surface area (Å²) in [5, 5.41) is 2.72. The minimum atomic E-state index is -1.07. The van der Waals surface area contributed by atoms with Crippen molar-refractivity contribution >= 4 is 17.8 Å². The van der Waals surface area contributed by atoms with Crippen LogP contribution in [0.25, 0.3) is 0 Å². The number of rotatable bonds is 8. The normalized spacial score (nSPS) is 18.9. The quantitative estimate of drug-likeness (QED) is 0.532. The number of hydrogen-bond acceptors (Lipinski definition) is 5. The molecule has 2 atom stereocenters. The minimum absolute atomic E-state index is 0.0811. The zero-order valence-corrected chi connectivity index (χ0v) is 17.4. The molecule has 2 aromatic carbocycles. The number of methoxy groups -OCH3 is 2. The molecule has 30 heavy (non-hydrogen) atoms. The molecule has 0 unspecified atom stereocenters. The number of benzene rings is 2. The third-order valence-corrected chi connectivity index (χ3v) is 5.43. The van der Waals surface area contributed by atoms with E-state index in [2.05, 4.69) is 5.32 Å². The Hall–Kier alpha value is -3.35. The molecule has 1 N–H and O–H groups in total. The Morgan fingerprint density at radius 2 is 1.73 bits per heavy atom. The molecule has 0 aromatic heterocycles. The summed E-state index contributed by atoms with van der Waals surface area (Å²) in [5.74, 6) is -0.292. The van der Waals surface area contributed by atoms with Crippen LogP contribution in [-0.4, -0.2) is 48.5 Å². The molecule has 2 aromatic rings. The summed E-state index contributed by atoms with van der Waals surface area (Å²) in [4.78, 5) is 39.3. The highest BCUT2D eigenvalue weighted by molar-refractivity contribution is 6.02. The van der Waals surface area contributed by atoms with Crippen LogP contribution in [0.5, 0.6) is 5.75 Å². The number of amides is 2. The fourth-order valence-electron chi connectivity index (χ4n) is 3.68. The molecule has 0 spiro atoms. The van der Waals surface area contributed by atoms with Crippen LogP contribution in [0.3, 0.4) is 0 Å². The predicted molar refractivity (Wildman–Crippen MR) is 111 cm³/mol. The summed E-state index contributed by atoms with van der Waals surface area (Å²) in [6, 6.07) is 16.1. The lowest BCUT2D eigenvalue weighted by atomic mass is 9.77. The number of carbonyl (C=O) groups excluding carboxylic acids is 3. The van der Waals surface area contributed by atoms with Gasteiger partial charge in [0, 0.05) is 13.0 Å². The topological polar surface area (TPSA) is 84.9 Å². The van der Waals surface area contributed by atoms with Gasteiger partial charge in [-0.05, 0) is 30.2 Å². The Morgan fingerprint density at radius 1 is 1.07 bits per heavy atom. The van der Waals surface area contributed by atoms with E-state index in [1.165, 1.54) is 7.11 Å². The second kappa shape index (κ2) is 8.98. The molecule has 7 heteroatoms. The van der Waals surface area contributed by atoms with Gasteiger partial charge in [-0.1, -0.05) is 42.5 Å². The average molecular weight is 410 g/mol. The molecule has 2 amide bonds. The van der Waals surface area contributed by atoms with Crippen LogP contribution in [0.4, 0.5) is 0 Å². The molecule has 0 bridgehead atoms. The fraction of sp³-hybridized carbons (Fsp3) is 0.348. The van der Waals surface area contributed by atoms with Crippen LogP contribution in [0.1, 0.15) is 24.5 Å². The Bertz CT molecular complexity index is 913. The van der Waals surface area contributed by atoms with Crippen molar-refractivity contribution in [1.82, 2.24) is 10.2 Å². The molecule has 158 valence electrons. The molecule has 1 aliphatic rings. The number of nitrogens with one attached hydrogen (secondary N) is 1. The molecule has 1 saturated heterocycles. The highest BCUT2D eigenvalue weighted by Crippen LogP contribution is 2.37. The first-order chi connectivity index (χ1) is 14.4. The van der Waals surface area contributed by atoms with Gasteiger partial charge in [-0.3, -0.25) is 9.59 Å². The van der Waals surface area contributed by atoms with E-state index in [1.54, 1.807) is 18.9 Å². The van der Waals surface area contributed by atoms with Crippen molar-refractivity contribution in [2.75, 3.05) is 14.2 Å². The first kappa shape index (κ1) is 21.4. The summed E-state index contributed by atoms with van der Waals surface area (Å²) < 4.78 is 9.90. The molecular weight excluding hydrogens is 384 g/mol. The molecule has 1 heterocycles. The van der Waals surface area contributed by atoms with Crippen molar-refractivity contribution in [3.8, 4) is 5.75 Å². The van der Waals surface area contributed by atoms with E-state index in [0.29, 0.717) is 12.2 Å². The largest absolute Gasteiger partial charge is 0.497 e. The zero-order valence-electron chi connectivity index (χ0n) is 17.4. The fourth-order valence-corrected chi connectivity index (χ4v) is 3.68. The van der Waals surface area contributed by atoms with Gasteiger partial charge in [-0.15, -0.1) is 0 Å². The molecule has 1 fully saturated rings. The van der Waals surface area contributed by atoms with E-state index in [-0.39, 0.29) is 24.8 Å². The van der Waals surface area contributed by atoms with E-state index in [4.69, 9.17) is 9.47 Å². The van der Waals surface area contributed by atoms with Crippen molar-refractivity contribution in [3.63, 3.8) is 0 Å². The number of esters is 1. The van der Waals surface area contributed by atoms with Gasteiger partial charge in [-0.25, -0.2) is 4.79 Å². The van der Waals surface area contributed by atoms with Crippen molar-refractivity contribution < 1.29 is 23.9 Å². The molecule has 0 saturated carbocycles. The molecule has 1 aliphatic heterocycles. The summed E-state index contributed by atoms with van der Waals surface area (Å²) >= 11 is 0. The Morgan fingerprint density at radius 3 is 2.30 bits per heavy atom. The maximum Gasteiger partial charge on any atom is 0.328 e. The first-order valence-electron chi connectivity index (χ1n) is 9.76. The van der Waals surface area contributed by atoms with Crippen LogP contribution >= 0.6 is 0 Å². The first-order valence-corrected chi connectivity index (χ1v) is 9.76. The average Bonchev–Trinajstić information content (AvgIpc) is 2.77. The predicted octanol–water partition coefficient (Wildman–Crippen LogP) is 2.09. The van der Waals surface area contributed by atoms with Crippen LogP contribution in [0, 0.1) is 0 Å². The number of likely N-dealkylation sites (tertiary alicyclic amines) is 1.